The van der Waals surface area contributed by atoms with Crippen molar-refractivity contribution in [3.05, 3.63) is 12.2 Å². The number of ether oxygens (including phenoxy) is 6. The van der Waals surface area contributed by atoms with Crippen molar-refractivity contribution in [2.45, 2.75) is 420 Å². The first-order chi connectivity index (χ1) is 47.4. The van der Waals surface area contributed by atoms with Crippen LogP contribution in [0.25, 0.3) is 0 Å². The van der Waals surface area contributed by atoms with E-state index in [1.807, 2.05) is 0 Å². The smallest absolute Gasteiger partial charge is 0.364 e. The van der Waals surface area contributed by atoms with Crippen LogP contribution in [0, 0.1) is 0 Å². The summed E-state index contributed by atoms with van der Waals surface area (Å²) in [5.74, 6) is -6.10. The predicted octanol–water partition coefficient (Wildman–Crippen LogP) is 9.41. The minimum Gasteiger partial charge on any atom is -0.477 e. The van der Waals surface area contributed by atoms with Gasteiger partial charge in [-0.2, -0.15) is 0 Å². The number of unbranched alkanes of at least 4 members (excludes halogenated alkanes) is 39. The minimum atomic E-state index is -3.08. The molecule has 0 aromatic rings. The van der Waals surface area contributed by atoms with Crippen LogP contribution in [0.4, 0.5) is 0 Å². The summed E-state index contributed by atoms with van der Waals surface area (Å²) in [6.07, 6.45) is 27.7. The zero-order valence-electron chi connectivity index (χ0n) is 60.7. The summed E-state index contributed by atoms with van der Waals surface area (Å²) in [4.78, 5) is 38.7. The second-order valence-electron chi connectivity index (χ2n) is 28.6. The van der Waals surface area contributed by atoms with Gasteiger partial charge in [-0.25, -0.2) is 4.79 Å². The molecule has 0 saturated carbocycles. The van der Waals surface area contributed by atoms with Crippen LogP contribution in [0.15, 0.2) is 12.2 Å². The number of hydrogen-bond acceptors (Lipinski definition) is 20. The summed E-state index contributed by atoms with van der Waals surface area (Å²) < 4.78 is 35.0. The number of allylic oxidation sites excluding steroid dienone is 2. The molecule has 3 rings (SSSR count). The first-order valence-corrected chi connectivity index (χ1v) is 39.0. The fourth-order valence-electron chi connectivity index (χ4n) is 13.8. The monoisotopic (exact) mass is 1400 g/mol. The second kappa shape index (κ2) is 55.0. The fourth-order valence-corrected chi connectivity index (χ4v) is 13.8. The van der Waals surface area contributed by atoms with E-state index in [-0.39, 0.29) is 18.9 Å². The van der Waals surface area contributed by atoms with Gasteiger partial charge < -0.3 is 100 Å². The fraction of sp³-hybridized carbons (Fsp3) is 0.933. The third-order valence-corrected chi connectivity index (χ3v) is 20.0. The molecule has 3 heterocycles. The molecule has 98 heavy (non-hydrogen) atoms. The summed E-state index contributed by atoms with van der Waals surface area (Å²) >= 11 is 0. The van der Waals surface area contributed by atoms with E-state index in [1.54, 1.807) is 0 Å². The zero-order chi connectivity index (χ0) is 71.8. The lowest BCUT2D eigenvalue weighted by Gasteiger charge is -2.50. The Kier molecular flexibility index (Phi) is 50.4. The molecule has 2 amide bonds. The Morgan fingerprint density at radius 1 is 0.520 bits per heavy atom. The summed E-state index contributed by atoms with van der Waals surface area (Å²) in [5.41, 5.74) is 0. The average Bonchev–Trinajstić information content (AvgIpc) is 0.756. The van der Waals surface area contributed by atoms with E-state index < -0.39 is 148 Å². The van der Waals surface area contributed by atoms with Crippen molar-refractivity contribution in [1.82, 2.24) is 10.6 Å². The Labute approximate surface area is 588 Å². The van der Waals surface area contributed by atoms with Gasteiger partial charge in [0.15, 0.2) is 12.6 Å². The zero-order valence-corrected chi connectivity index (χ0v) is 60.7. The molecule has 0 aromatic carbocycles. The molecule has 0 aliphatic carbocycles. The number of carboxylic acids is 1. The molecule has 576 valence electrons. The van der Waals surface area contributed by atoms with Crippen molar-refractivity contribution in [2.75, 3.05) is 26.4 Å². The normalized spacial score (nSPS) is 27.3. The number of carbonyl (C=O) groups excluding carboxylic acids is 2. The van der Waals surface area contributed by atoms with Gasteiger partial charge >= 0.3 is 5.97 Å². The minimum absolute atomic E-state index is 0.220. The Morgan fingerprint density at radius 3 is 1.38 bits per heavy atom. The van der Waals surface area contributed by atoms with E-state index in [4.69, 9.17) is 28.4 Å². The van der Waals surface area contributed by atoms with Gasteiger partial charge in [-0.3, -0.25) is 9.59 Å². The van der Waals surface area contributed by atoms with Crippen molar-refractivity contribution in [2.24, 2.45) is 0 Å². The summed E-state index contributed by atoms with van der Waals surface area (Å²) in [5, 5.41) is 136. The Balaban J connectivity index is 1.53. The number of carbonyl (C=O) groups is 3. The number of hydrogen-bond donors (Lipinski definition) is 14. The van der Waals surface area contributed by atoms with E-state index in [9.17, 15) is 75.7 Å². The Hall–Kier alpha value is -2.53. The van der Waals surface area contributed by atoms with Crippen LogP contribution in [0.3, 0.4) is 0 Å². The quantitative estimate of drug-likeness (QED) is 0.0199. The molecule has 3 saturated heterocycles. The summed E-state index contributed by atoms with van der Waals surface area (Å²) in [6.45, 7) is 2.24. The predicted molar refractivity (Wildman–Crippen MR) is 375 cm³/mol. The molecule has 0 radical (unpaired) electrons. The van der Waals surface area contributed by atoms with Crippen LogP contribution in [0.2, 0.25) is 0 Å². The maximum Gasteiger partial charge on any atom is 0.364 e. The van der Waals surface area contributed by atoms with Crippen LogP contribution >= 0.6 is 0 Å². The van der Waals surface area contributed by atoms with Gasteiger partial charge in [-0.1, -0.05) is 264 Å². The number of amides is 2. The first kappa shape index (κ1) is 89.7. The molecule has 14 N–H and O–H groups in total. The molecule has 23 heteroatoms. The number of aliphatic hydroxyl groups excluding tert-OH is 11. The third-order valence-electron chi connectivity index (χ3n) is 20.0. The third kappa shape index (κ3) is 35.8. The molecular formula is C75H140N2O21. The number of carboxylic acid groups (broad SMARTS) is 1. The molecule has 23 nitrogen and oxygen atoms in total. The lowest BCUT2D eigenvalue weighted by molar-refractivity contribution is -0.386. The molecular weight excluding hydrogens is 1260 g/mol. The van der Waals surface area contributed by atoms with Gasteiger partial charge in [0.25, 0.3) is 5.79 Å². The maximum absolute atomic E-state index is 13.5. The van der Waals surface area contributed by atoms with Crippen LogP contribution in [-0.4, -0.2) is 215 Å². The molecule has 0 bridgehead atoms. The van der Waals surface area contributed by atoms with Crippen LogP contribution in [0.1, 0.15) is 310 Å². The SMILES string of the molecule is CCCCCCCCCC/C=C\CCCCCCCCCC(=O)NC(COC1OC(CO)C(OC2OC(CO)C(O)C(OC3(C(=O)O)CC(O)C(NC(C)=O)C(C(O)C(O)CO)O3)C2O)C(O)C1O)C(O)CCCCCCCCCCCCCCCCCCCCCCCCCCC. The lowest BCUT2D eigenvalue weighted by atomic mass is 9.88. The van der Waals surface area contributed by atoms with Crippen molar-refractivity contribution in [3.63, 3.8) is 0 Å². The van der Waals surface area contributed by atoms with E-state index in [2.05, 4.69) is 36.6 Å². The van der Waals surface area contributed by atoms with Gasteiger partial charge in [-0.15, -0.1) is 0 Å². The first-order valence-electron chi connectivity index (χ1n) is 39.0. The van der Waals surface area contributed by atoms with Crippen LogP contribution < -0.4 is 10.6 Å². The van der Waals surface area contributed by atoms with E-state index in [1.165, 1.54) is 180 Å². The molecule has 0 spiro atoms. The van der Waals surface area contributed by atoms with Crippen LogP contribution in [0.5, 0.6) is 0 Å². The highest BCUT2D eigenvalue weighted by atomic mass is 16.8. The van der Waals surface area contributed by atoms with Crippen molar-refractivity contribution in [1.29, 1.82) is 0 Å². The van der Waals surface area contributed by atoms with Gasteiger partial charge in [0.2, 0.25) is 11.8 Å². The summed E-state index contributed by atoms with van der Waals surface area (Å²) in [6, 6.07) is -2.53. The largest absolute Gasteiger partial charge is 0.477 e. The van der Waals surface area contributed by atoms with Gasteiger partial charge in [0, 0.05) is 19.8 Å². The number of rotatable bonds is 61. The van der Waals surface area contributed by atoms with Crippen molar-refractivity contribution >= 4 is 17.8 Å². The molecule has 3 fully saturated rings. The van der Waals surface area contributed by atoms with Gasteiger partial charge in [0.1, 0.15) is 67.1 Å². The van der Waals surface area contributed by atoms with E-state index in [0.717, 1.165) is 84.0 Å². The molecule has 18 unspecified atom stereocenters. The number of aliphatic carboxylic acids is 1. The average molecular weight is 1410 g/mol. The van der Waals surface area contributed by atoms with E-state index in [0.29, 0.717) is 19.3 Å². The Morgan fingerprint density at radius 2 is 0.949 bits per heavy atom. The van der Waals surface area contributed by atoms with Crippen LogP contribution in [-0.2, 0) is 42.8 Å². The van der Waals surface area contributed by atoms with Gasteiger partial charge in [0.05, 0.1) is 50.7 Å². The molecule has 3 aliphatic heterocycles. The van der Waals surface area contributed by atoms with E-state index >= 15 is 0 Å². The molecule has 0 aromatic heterocycles. The standard InChI is InChI=1S/C75H140N2O21/c1-4-6-8-10-12-14-16-18-20-22-24-25-26-27-28-29-31-32-34-36-38-40-42-44-46-48-57(82)56(77-62(85)49-47-45-43-41-39-37-35-33-30-23-21-19-17-15-13-11-9-7-5-2)54-93-72-67(89)66(88)69(61(53-80)95-72)96-73-68(90)71(65(87)60(52-79)94-73)98-75(74(91)92)50-58(83)63(76-55(3)81)70(97-75)64(86)59(84)51-78/h23,30,56-61,63-73,78-80,82-84,86-90H,4-22,24-29,31-54H2,1-3H3,(H,76,81)(H,77,85)(H,91,92)/b30-23-. The highest BCUT2D eigenvalue weighted by Crippen LogP contribution is 2.39. The highest BCUT2D eigenvalue weighted by molar-refractivity contribution is 5.77. The number of nitrogens with one attached hydrogen (secondary N) is 2. The summed E-state index contributed by atoms with van der Waals surface area (Å²) in [7, 11) is 0. The lowest BCUT2D eigenvalue weighted by Crippen LogP contribution is -2.70. The Bertz CT molecular complexity index is 2010. The highest BCUT2D eigenvalue weighted by Gasteiger charge is 2.60. The van der Waals surface area contributed by atoms with Crippen molar-refractivity contribution in [3.8, 4) is 0 Å². The number of aliphatic hydroxyl groups is 11. The second-order valence-corrected chi connectivity index (χ2v) is 28.6. The molecule has 3 aliphatic rings. The maximum atomic E-state index is 13.5. The molecule has 18 atom stereocenters. The topological polar surface area (TPSA) is 373 Å². The van der Waals surface area contributed by atoms with Crippen molar-refractivity contribution < 1.29 is 104 Å². The van der Waals surface area contributed by atoms with Gasteiger partial charge in [-0.05, 0) is 38.5 Å².